The van der Waals surface area contributed by atoms with Crippen LogP contribution in [0.4, 0.5) is 0 Å². The quantitative estimate of drug-likeness (QED) is 0.898. The van der Waals surface area contributed by atoms with Crippen molar-refractivity contribution in [1.29, 1.82) is 0 Å². The standard InChI is InChI=1S/C19H27NO2/c1-12(2)16-7-4-13(3)8-18(16)22-11-19(21)20-17-10-14-5-6-15(17)9-14/h4,7-8,12,14-15,17H,5-6,9-11H2,1-3H3,(H,20,21)/t14-,15-,17+/m0/s1. The molecule has 0 radical (unpaired) electrons. The topological polar surface area (TPSA) is 38.3 Å². The van der Waals surface area contributed by atoms with E-state index in [0.717, 1.165) is 23.7 Å². The van der Waals surface area contributed by atoms with Gasteiger partial charge in [-0.25, -0.2) is 0 Å². The molecule has 0 heterocycles. The van der Waals surface area contributed by atoms with Crippen LogP contribution in [0, 0.1) is 18.8 Å². The number of nitrogens with one attached hydrogen (secondary N) is 1. The molecule has 1 aromatic rings. The van der Waals surface area contributed by atoms with Crippen LogP contribution in [0.2, 0.25) is 0 Å². The van der Waals surface area contributed by atoms with E-state index in [4.69, 9.17) is 4.74 Å². The number of hydrogen-bond donors (Lipinski definition) is 1. The summed E-state index contributed by atoms with van der Waals surface area (Å²) in [6.07, 6.45) is 5.11. The molecule has 0 unspecified atom stereocenters. The molecular weight excluding hydrogens is 274 g/mol. The van der Waals surface area contributed by atoms with Crippen molar-refractivity contribution in [2.75, 3.05) is 6.61 Å². The second kappa shape index (κ2) is 6.31. The molecule has 3 nitrogen and oxygen atoms in total. The Morgan fingerprint density at radius 3 is 2.77 bits per heavy atom. The van der Waals surface area contributed by atoms with E-state index in [2.05, 4.69) is 31.3 Å². The second-order valence-electron chi connectivity index (χ2n) is 7.33. The molecule has 0 aliphatic heterocycles. The molecule has 2 fully saturated rings. The lowest BCUT2D eigenvalue weighted by molar-refractivity contribution is -0.124. The molecule has 3 heteroatoms. The van der Waals surface area contributed by atoms with Gasteiger partial charge in [0.15, 0.2) is 6.61 Å². The summed E-state index contributed by atoms with van der Waals surface area (Å²) < 4.78 is 5.82. The van der Waals surface area contributed by atoms with Gasteiger partial charge in [-0.1, -0.05) is 32.4 Å². The summed E-state index contributed by atoms with van der Waals surface area (Å²) in [6.45, 7) is 6.46. The predicted molar refractivity (Wildman–Crippen MR) is 88.1 cm³/mol. The van der Waals surface area contributed by atoms with Gasteiger partial charge in [-0.2, -0.15) is 0 Å². The van der Waals surface area contributed by atoms with Crippen LogP contribution in [0.3, 0.4) is 0 Å². The first-order chi connectivity index (χ1) is 10.5. The summed E-state index contributed by atoms with van der Waals surface area (Å²) >= 11 is 0. The van der Waals surface area contributed by atoms with Crippen LogP contribution >= 0.6 is 0 Å². The Hall–Kier alpha value is -1.51. The molecule has 2 bridgehead atoms. The third-order valence-corrected chi connectivity index (χ3v) is 5.23. The summed E-state index contributed by atoms with van der Waals surface area (Å²) in [5.74, 6) is 2.82. The molecule has 0 aromatic heterocycles. The average Bonchev–Trinajstić information content (AvgIpc) is 3.07. The molecule has 1 N–H and O–H groups in total. The van der Waals surface area contributed by atoms with Gasteiger partial charge in [0.05, 0.1) is 0 Å². The number of hydrogen-bond acceptors (Lipinski definition) is 2. The Kier molecular flexibility index (Phi) is 4.42. The summed E-state index contributed by atoms with van der Waals surface area (Å²) in [6, 6.07) is 6.61. The molecule has 22 heavy (non-hydrogen) atoms. The van der Waals surface area contributed by atoms with Crippen LogP contribution in [-0.2, 0) is 4.79 Å². The fourth-order valence-electron chi connectivity index (χ4n) is 4.06. The van der Waals surface area contributed by atoms with E-state index >= 15 is 0 Å². The fourth-order valence-corrected chi connectivity index (χ4v) is 4.06. The molecule has 2 aliphatic rings. The predicted octanol–water partition coefficient (Wildman–Crippen LogP) is 3.80. The van der Waals surface area contributed by atoms with Gasteiger partial charge in [0.2, 0.25) is 0 Å². The van der Waals surface area contributed by atoms with Crippen LogP contribution in [0.5, 0.6) is 5.75 Å². The number of carbonyl (C=O) groups is 1. The maximum Gasteiger partial charge on any atom is 0.258 e. The number of aryl methyl sites for hydroxylation is 1. The molecule has 1 amide bonds. The molecule has 120 valence electrons. The maximum absolute atomic E-state index is 12.2. The van der Waals surface area contributed by atoms with E-state index in [1.807, 2.05) is 13.0 Å². The van der Waals surface area contributed by atoms with E-state index in [9.17, 15) is 4.79 Å². The number of carbonyl (C=O) groups excluding carboxylic acids is 1. The van der Waals surface area contributed by atoms with E-state index in [1.165, 1.54) is 24.8 Å². The van der Waals surface area contributed by atoms with Gasteiger partial charge in [0.25, 0.3) is 5.91 Å². The van der Waals surface area contributed by atoms with Crippen molar-refractivity contribution in [3.8, 4) is 5.75 Å². The number of ether oxygens (including phenoxy) is 1. The smallest absolute Gasteiger partial charge is 0.258 e. The lowest BCUT2D eigenvalue weighted by atomic mass is 9.95. The largest absolute Gasteiger partial charge is 0.483 e. The van der Waals surface area contributed by atoms with Gasteiger partial charge in [-0.3, -0.25) is 4.79 Å². The van der Waals surface area contributed by atoms with E-state index in [-0.39, 0.29) is 12.5 Å². The molecule has 2 aliphatic carbocycles. The molecule has 1 aromatic carbocycles. The lowest BCUT2D eigenvalue weighted by Gasteiger charge is -2.23. The van der Waals surface area contributed by atoms with E-state index < -0.39 is 0 Å². The van der Waals surface area contributed by atoms with E-state index in [1.54, 1.807) is 0 Å². The second-order valence-corrected chi connectivity index (χ2v) is 7.33. The maximum atomic E-state index is 12.2. The highest BCUT2D eigenvalue weighted by Crippen LogP contribution is 2.44. The summed E-state index contributed by atoms with van der Waals surface area (Å²) in [7, 11) is 0. The van der Waals surface area contributed by atoms with Crippen molar-refractivity contribution in [2.45, 2.75) is 58.4 Å². The van der Waals surface area contributed by atoms with Gasteiger partial charge < -0.3 is 10.1 Å². The molecule has 0 saturated heterocycles. The zero-order valence-electron chi connectivity index (χ0n) is 13.9. The van der Waals surface area contributed by atoms with Crippen LogP contribution in [-0.4, -0.2) is 18.6 Å². The molecule has 2 saturated carbocycles. The zero-order chi connectivity index (χ0) is 15.7. The highest BCUT2D eigenvalue weighted by atomic mass is 16.5. The van der Waals surface area contributed by atoms with Crippen molar-refractivity contribution in [2.24, 2.45) is 11.8 Å². The minimum Gasteiger partial charge on any atom is -0.483 e. The number of fused-ring (bicyclic) bond motifs is 2. The van der Waals surface area contributed by atoms with Gasteiger partial charge >= 0.3 is 0 Å². The van der Waals surface area contributed by atoms with Crippen molar-refractivity contribution >= 4 is 5.91 Å². The summed E-state index contributed by atoms with van der Waals surface area (Å²) in [5.41, 5.74) is 2.33. The Bertz CT molecular complexity index is 552. The molecule has 3 atom stereocenters. The number of benzene rings is 1. The average molecular weight is 301 g/mol. The Balaban J connectivity index is 1.56. The van der Waals surface area contributed by atoms with Crippen LogP contribution in [0.1, 0.15) is 56.6 Å². The minimum absolute atomic E-state index is 0.0220. The third-order valence-electron chi connectivity index (χ3n) is 5.23. The van der Waals surface area contributed by atoms with Crippen molar-refractivity contribution in [3.05, 3.63) is 29.3 Å². The summed E-state index contributed by atoms with van der Waals surface area (Å²) in [5, 5.41) is 3.18. The first kappa shape index (κ1) is 15.4. The normalized spacial score (nSPS) is 26.5. The Morgan fingerprint density at radius 2 is 2.14 bits per heavy atom. The Labute approximate surface area is 133 Å². The fraction of sp³-hybridized carbons (Fsp3) is 0.632. The lowest BCUT2D eigenvalue weighted by Crippen LogP contribution is -2.41. The highest BCUT2D eigenvalue weighted by Gasteiger charge is 2.40. The van der Waals surface area contributed by atoms with Crippen molar-refractivity contribution in [3.63, 3.8) is 0 Å². The highest BCUT2D eigenvalue weighted by molar-refractivity contribution is 5.78. The number of amides is 1. The number of rotatable bonds is 5. The zero-order valence-corrected chi connectivity index (χ0v) is 13.9. The van der Waals surface area contributed by atoms with Crippen LogP contribution < -0.4 is 10.1 Å². The minimum atomic E-state index is 0.0220. The summed E-state index contributed by atoms with van der Waals surface area (Å²) in [4.78, 5) is 12.2. The van der Waals surface area contributed by atoms with Gasteiger partial charge in [0.1, 0.15) is 5.75 Å². The van der Waals surface area contributed by atoms with Crippen LogP contribution in [0.25, 0.3) is 0 Å². The monoisotopic (exact) mass is 301 g/mol. The van der Waals surface area contributed by atoms with Crippen LogP contribution in [0.15, 0.2) is 18.2 Å². The first-order valence-electron chi connectivity index (χ1n) is 8.55. The Morgan fingerprint density at radius 1 is 1.32 bits per heavy atom. The van der Waals surface area contributed by atoms with Gasteiger partial charge in [0, 0.05) is 6.04 Å². The van der Waals surface area contributed by atoms with Gasteiger partial charge in [-0.15, -0.1) is 0 Å². The van der Waals surface area contributed by atoms with Crippen molar-refractivity contribution < 1.29 is 9.53 Å². The third kappa shape index (κ3) is 3.29. The molecule has 3 rings (SSSR count). The van der Waals surface area contributed by atoms with E-state index in [0.29, 0.717) is 17.9 Å². The first-order valence-corrected chi connectivity index (χ1v) is 8.55. The van der Waals surface area contributed by atoms with Crippen molar-refractivity contribution in [1.82, 2.24) is 5.32 Å². The molecular formula is C19H27NO2. The van der Waals surface area contributed by atoms with Gasteiger partial charge in [-0.05, 0) is 61.1 Å². The SMILES string of the molecule is Cc1ccc(C(C)C)c(OCC(=O)N[C@@H]2C[C@H]3CC[C@H]2C3)c1. The molecule has 0 spiro atoms.